The van der Waals surface area contributed by atoms with Gasteiger partial charge >= 0.3 is 0 Å². The standard InChI is InChI=1S/C15H18ClN3O.ClH/c16-13-4-2-1-3-12(13)15-18-14(20-19-15)6-5-11-7-9-17-10-8-11;/h1-4,11,17H,5-10H2;1H. The molecule has 0 spiro atoms. The van der Waals surface area contributed by atoms with Crippen molar-refractivity contribution in [1.29, 1.82) is 0 Å². The van der Waals surface area contributed by atoms with E-state index in [1.165, 1.54) is 12.8 Å². The van der Waals surface area contributed by atoms with E-state index in [0.29, 0.717) is 16.7 Å². The van der Waals surface area contributed by atoms with Gasteiger partial charge in [-0.3, -0.25) is 0 Å². The van der Waals surface area contributed by atoms with Gasteiger partial charge < -0.3 is 9.84 Å². The molecule has 1 aromatic heterocycles. The second-order valence-corrected chi connectivity index (χ2v) is 5.63. The second-order valence-electron chi connectivity index (χ2n) is 5.22. The fraction of sp³-hybridized carbons (Fsp3) is 0.467. The van der Waals surface area contributed by atoms with E-state index < -0.39 is 0 Å². The molecule has 1 aliphatic heterocycles. The van der Waals surface area contributed by atoms with E-state index in [9.17, 15) is 0 Å². The molecule has 1 N–H and O–H groups in total. The number of hydrogen-bond acceptors (Lipinski definition) is 4. The smallest absolute Gasteiger partial charge is 0.226 e. The molecule has 0 atom stereocenters. The van der Waals surface area contributed by atoms with Crippen LogP contribution in [-0.4, -0.2) is 23.2 Å². The van der Waals surface area contributed by atoms with Crippen molar-refractivity contribution in [3.63, 3.8) is 0 Å². The summed E-state index contributed by atoms with van der Waals surface area (Å²) >= 11 is 6.14. The van der Waals surface area contributed by atoms with Crippen LogP contribution in [0.15, 0.2) is 28.8 Å². The van der Waals surface area contributed by atoms with E-state index in [1.807, 2.05) is 24.3 Å². The summed E-state index contributed by atoms with van der Waals surface area (Å²) in [5.41, 5.74) is 0.825. The van der Waals surface area contributed by atoms with E-state index >= 15 is 0 Å². The lowest BCUT2D eigenvalue weighted by Crippen LogP contribution is -2.27. The number of rotatable bonds is 4. The van der Waals surface area contributed by atoms with Gasteiger partial charge in [0.15, 0.2) is 0 Å². The summed E-state index contributed by atoms with van der Waals surface area (Å²) in [6, 6.07) is 7.56. The number of benzene rings is 1. The molecule has 0 radical (unpaired) electrons. The average Bonchev–Trinajstić information content (AvgIpc) is 2.95. The van der Waals surface area contributed by atoms with Gasteiger partial charge in [0.25, 0.3) is 0 Å². The number of hydrogen-bond donors (Lipinski definition) is 1. The first-order valence-corrected chi connectivity index (χ1v) is 7.49. The van der Waals surface area contributed by atoms with Crippen molar-refractivity contribution >= 4 is 24.0 Å². The zero-order valence-corrected chi connectivity index (χ0v) is 13.3. The summed E-state index contributed by atoms with van der Waals surface area (Å²) in [6.07, 6.45) is 4.45. The number of piperidine rings is 1. The molecule has 1 aromatic carbocycles. The number of aryl methyl sites for hydroxylation is 1. The van der Waals surface area contributed by atoms with E-state index in [1.54, 1.807) is 0 Å². The highest BCUT2D eigenvalue weighted by atomic mass is 35.5. The first-order chi connectivity index (χ1) is 9.83. The summed E-state index contributed by atoms with van der Waals surface area (Å²) in [7, 11) is 0. The van der Waals surface area contributed by atoms with Crippen LogP contribution in [0.25, 0.3) is 11.4 Å². The van der Waals surface area contributed by atoms with Crippen LogP contribution in [-0.2, 0) is 6.42 Å². The van der Waals surface area contributed by atoms with Gasteiger partial charge in [-0.25, -0.2) is 0 Å². The third-order valence-corrected chi connectivity index (χ3v) is 4.14. The molecule has 4 nitrogen and oxygen atoms in total. The fourth-order valence-electron chi connectivity index (χ4n) is 2.61. The predicted octanol–water partition coefficient (Wildman–Crippen LogP) is 3.74. The Morgan fingerprint density at radius 1 is 1.24 bits per heavy atom. The molecule has 0 saturated carbocycles. The summed E-state index contributed by atoms with van der Waals surface area (Å²) < 4.78 is 5.33. The van der Waals surface area contributed by atoms with Crippen LogP contribution in [0.1, 0.15) is 25.2 Å². The van der Waals surface area contributed by atoms with Crippen molar-refractivity contribution < 1.29 is 4.52 Å². The Morgan fingerprint density at radius 3 is 2.76 bits per heavy atom. The minimum absolute atomic E-state index is 0. The van der Waals surface area contributed by atoms with Gasteiger partial charge in [-0.2, -0.15) is 4.98 Å². The van der Waals surface area contributed by atoms with Crippen LogP contribution in [0, 0.1) is 5.92 Å². The molecule has 0 amide bonds. The van der Waals surface area contributed by atoms with E-state index in [4.69, 9.17) is 16.1 Å². The summed E-state index contributed by atoms with van der Waals surface area (Å²) in [4.78, 5) is 4.45. The van der Waals surface area contributed by atoms with Crippen molar-refractivity contribution in [2.24, 2.45) is 5.92 Å². The summed E-state index contributed by atoms with van der Waals surface area (Å²) in [6.45, 7) is 2.25. The fourth-order valence-corrected chi connectivity index (χ4v) is 2.83. The first kappa shape index (κ1) is 16.3. The molecule has 114 valence electrons. The molecular formula is C15H19Cl2N3O. The van der Waals surface area contributed by atoms with E-state index in [2.05, 4.69) is 15.5 Å². The van der Waals surface area contributed by atoms with Crippen LogP contribution in [0.2, 0.25) is 5.02 Å². The number of halogens is 2. The lowest BCUT2D eigenvalue weighted by atomic mass is 9.93. The van der Waals surface area contributed by atoms with Crippen molar-refractivity contribution in [2.75, 3.05) is 13.1 Å². The third-order valence-electron chi connectivity index (χ3n) is 3.81. The van der Waals surface area contributed by atoms with Gasteiger partial charge in [0.05, 0.1) is 5.02 Å². The highest BCUT2D eigenvalue weighted by Crippen LogP contribution is 2.25. The molecule has 2 heterocycles. The van der Waals surface area contributed by atoms with Gasteiger partial charge in [-0.1, -0.05) is 28.9 Å². The minimum Gasteiger partial charge on any atom is -0.339 e. The second kappa shape index (κ2) is 7.78. The number of nitrogens with zero attached hydrogens (tertiary/aromatic N) is 2. The molecule has 0 unspecified atom stereocenters. The zero-order chi connectivity index (χ0) is 13.8. The van der Waals surface area contributed by atoms with Crippen LogP contribution in [0.5, 0.6) is 0 Å². The monoisotopic (exact) mass is 327 g/mol. The van der Waals surface area contributed by atoms with Gasteiger partial charge in [-0.15, -0.1) is 12.4 Å². The van der Waals surface area contributed by atoms with Gasteiger partial charge in [0.1, 0.15) is 0 Å². The lowest BCUT2D eigenvalue weighted by Gasteiger charge is -2.21. The van der Waals surface area contributed by atoms with E-state index in [-0.39, 0.29) is 12.4 Å². The van der Waals surface area contributed by atoms with Crippen molar-refractivity contribution in [2.45, 2.75) is 25.7 Å². The van der Waals surface area contributed by atoms with Gasteiger partial charge in [0, 0.05) is 12.0 Å². The Morgan fingerprint density at radius 2 is 2.00 bits per heavy atom. The van der Waals surface area contributed by atoms with Crippen LogP contribution in [0.4, 0.5) is 0 Å². The number of aromatic nitrogens is 2. The maximum Gasteiger partial charge on any atom is 0.226 e. The van der Waals surface area contributed by atoms with Gasteiger partial charge in [0.2, 0.25) is 11.7 Å². The third kappa shape index (κ3) is 4.19. The predicted molar refractivity (Wildman–Crippen MR) is 85.9 cm³/mol. The minimum atomic E-state index is 0. The van der Waals surface area contributed by atoms with Crippen molar-refractivity contribution in [3.8, 4) is 11.4 Å². The Kier molecular flexibility index (Phi) is 6.03. The highest BCUT2D eigenvalue weighted by molar-refractivity contribution is 6.33. The SMILES string of the molecule is Cl.Clc1ccccc1-c1noc(CCC2CCNCC2)n1. The zero-order valence-electron chi connectivity index (χ0n) is 11.7. The topological polar surface area (TPSA) is 51.0 Å². The van der Waals surface area contributed by atoms with Gasteiger partial charge in [-0.05, 0) is 50.4 Å². The molecule has 0 bridgehead atoms. The Balaban J connectivity index is 0.00000161. The highest BCUT2D eigenvalue weighted by Gasteiger charge is 2.16. The Hall–Kier alpha value is -1.10. The maximum absolute atomic E-state index is 6.14. The molecule has 1 fully saturated rings. The molecule has 0 aliphatic carbocycles. The number of nitrogens with one attached hydrogen (secondary N) is 1. The van der Waals surface area contributed by atoms with Crippen LogP contribution < -0.4 is 5.32 Å². The molecule has 1 aliphatic rings. The van der Waals surface area contributed by atoms with Crippen molar-refractivity contribution in [3.05, 3.63) is 35.2 Å². The Labute approximate surface area is 135 Å². The Bertz CT molecular complexity index is 568. The quantitative estimate of drug-likeness (QED) is 0.929. The van der Waals surface area contributed by atoms with Crippen LogP contribution >= 0.6 is 24.0 Å². The first-order valence-electron chi connectivity index (χ1n) is 7.11. The van der Waals surface area contributed by atoms with Crippen molar-refractivity contribution in [1.82, 2.24) is 15.5 Å². The lowest BCUT2D eigenvalue weighted by molar-refractivity contribution is 0.324. The molecular weight excluding hydrogens is 309 g/mol. The molecule has 21 heavy (non-hydrogen) atoms. The average molecular weight is 328 g/mol. The normalized spacial score (nSPS) is 15.7. The summed E-state index contributed by atoms with van der Waals surface area (Å²) in [5.74, 6) is 2.06. The molecule has 1 saturated heterocycles. The summed E-state index contributed by atoms with van der Waals surface area (Å²) in [5, 5.41) is 8.06. The van der Waals surface area contributed by atoms with Crippen LogP contribution in [0.3, 0.4) is 0 Å². The molecule has 2 aromatic rings. The molecule has 6 heteroatoms. The molecule has 3 rings (SSSR count). The maximum atomic E-state index is 6.14. The van der Waals surface area contributed by atoms with E-state index in [0.717, 1.165) is 37.4 Å². The largest absolute Gasteiger partial charge is 0.339 e.